The summed E-state index contributed by atoms with van der Waals surface area (Å²) in [5, 5.41) is 3.15. The number of benzene rings is 1. The zero-order valence-electron chi connectivity index (χ0n) is 13.0. The summed E-state index contributed by atoms with van der Waals surface area (Å²) in [5.41, 5.74) is 3.05. The molecule has 1 aromatic rings. The van der Waals surface area contributed by atoms with E-state index in [0.717, 1.165) is 24.2 Å². The van der Waals surface area contributed by atoms with Gasteiger partial charge in [0.1, 0.15) is 0 Å². The summed E-state index contributed by atoms with van der Waals surface area (Å²) in [4.78, 5) is 14.1. The molecule has 114 valence electrons. The first kappa shape index (κ1) is 15.4. The first-order valence-electron chi connectivity index (χ1n) is 6.92. The fourth-order valence-electron chi connectivity index (χ4n) is 2.28. The summed E-state index contributed by atoms with van der Waals surface area (Å²) in [5.74, 6) is 1.43. The predicted molar refractivity (Wildman–Crippen MR) is 81.6 cm³/mol. The third-order valence-corrected chi connectivity index (χ3v) is 3.74. The Morgan fingerprint density at radius 2 is 1.90 bits per heavy atom. The van der Waals surface area contributed by atoms with Gasteiger partial charge >= 0.3 is 0 Å². The second-order valence-electron chi connectivity index (χ2n) is 5.18. The molecule has 1 saturated heterocycles. The van der Waals surface area contributed by atoms with E-state index < -0.39 is 0 Å². The second kappa shape index (κ2) is 6.63. The quantitative estimate of drug-likeness (QED) is 0.837. The van der Waals surface area contributed by atoms with Gasteiger partial charge in [-0.15, -0.1) is 0 Å². The van der Waals surface area contributed by atoms with Crippen LogP contribution in [0.4, 0.5) is 0 Å². The Bertz CT molecular complexity index is 561. The normalized spacial score (nSPS) is 13.4. The van der Waals surface area contributed by atoms with Gasteiger partial charge in [-0.25, -0.2) is 0 Å². The Morgan fingerprint density at radius 1 is 1.24 bits per heavy atom. The van der Waals surface area contributed by atoms with E-state index in [4.69, 9.17) is 9.47 Å². The van der Waals surface area contributed by atoms with Gasteiger partial charge in [0.15, 0.2) is 11.5 Å². The van der Waals surface area contributed by atoms with Crippen LogP contribution in [0.3, 0.4) is 0 Å². The Labute approximate surface area is 125 Å². The zero-order valence-corrected chi connectivity index (χ0v) is 13.0. The Morgan fingerprint density at radius 3 is 2.43 bits per heavy atom. The molecule has 1 aliphatic heterocycles. The molecule has 0 bridgehead atoms. The van der Waals surface area contributed by atoms with Crippen molar-refractivity contribution in [3.63, 3.8) is 0 Å². The SMILES string of the molecule is COc1ccc(CN(C)C(=O)C(C)=C2CNC2)cc1OC. The highest BCUT2D eigenvalue weighted by Crippen LogP contribution is 2.28. The van der Waals surface area contributed by atoms with Crippen LogP contribution in [-0.2, 0) is 11.3 Å². The van der Waals surface area contributed by atoms with Crippen LogP contribution in [0.1, 0.15) is 12.5 Å². The molecule has 1 amide bonds. The molecule has 21 heavy (non-hydrogen) atoms. The molecule has 1 N–H and O–H groups in total. The number of nitrogens with one attached hydrogen (secondary N) is 1. The van der Waals surface area contributed by atoms with E-state index in [0.29, 0.717) is 18.0 Å². The van der Waals surface area contributed by atoms with E-state index in [9.17, 15) is 4.79 Å². The van der Waals surface area contributed by atoms with Crippen LogP contribution in [0.25, 0.3) is 0 Å². The van der Waals surface area contributed by atoms with Crippen LogP contribution < -0.4 is 14.8 Å². The Kier molecular flexibility index (Phi) is 4.85. The maximum Gasteiger partial charge on any atom is 0.249 e. The number of ether oxygens (including phenoxy) is 2. The molecule has 0 saturated carbocycles. The second-order valence-corrected chi connectivity index (χ2v) is 5.18. The van der Waals surface area contributed by atoms with Crippen molar-refractivity contribution in [1.82, 2.24) is 10.2 Å². The van der Waals surface area contributed by atoms with Gasteiger partial charge in [-0.05, 0) is 30.2 Å². The molecule has 5 heteroatoms. The number of hydrogen-bond donors (Lipinski definition) is 1. The van der Waals surface area contributed by atoms with Gasteiger partial charge in [0.05, 0.1) is 14.2 Å². The minimum Gasteiger partial charge on any atom is -0.493 e. The summed E-state index contributed by atoms with van der Waals surface area (Å²) in [6.07, 6.45) is 0. The van der Waals surface area contributed by atoms with E-state index in [-0.39, 0.29) is 5.91 Å². The lowest BCUT2D eigenvalue weighted by Crippen LogP contribution is -2.38. The summed E-state index contributed by atoms with van der Waals surface area (Å²) >= 11 is 0. The standard InChI is InChI=1S/C16H22N2O3/c1-11(13-8-17-9-13)16(19)18(2)10-12-5-6-14(20-3)15(7-12)21-4/h5-7,17H,8-10H2,1-4H3. The van der Waals surface area contributed by atoms with Crippen molar-refractivity contribution in [2.24, 2.45) is 0 Å². The summed E-state index contributed by atoms with van der Waals surface area (Å²) < 4.78 is 10.5. The number of methoxy groups -OCH3 is 2. The molecule has 5 nitrogen and oxygen atoms in total. The fourth-order valence-corrected chi connectivity index (χ4v) is 2.28. The van der Waals surface area contributed by atoms with Crippen LogP contribution in [0, 0.1) is 0 Å². The van der Waals surface area contributed by atoms with Crippen LogP contribution in [0.15, 0.2) is 29.3 Å². The lowest BCUT2D eigenvalue weighted by Gasteiger charge is -2.25. The molecule has 0 atom stereocenters. The van der Waals surface area contributed by atoms with E-state index in [1.54, 1.807) is 19.1 Å². The summed E-state index contributed by atoms with van der Waals surface area (Å²) in [6.45, 7) is 4.07. The smallest absolute Gasteiger partial charge is 0.249 e. The largest absolute Gasteiger partial charge is 0.493 e. The average molecular weight is 290 g/mol. The van der Waals surface area contributed by atoms with Crippen LogP contribution in [0.5, 0.6) is 11.5 Å². The number of carbonyl (C=O) groups excluding carboxylic acids is 1. The fraction of sp³-hybridized carbons (Fsp3) is 0.438. The minimum absolute atomic E-state index is 0.0706. The van der Waals surface area contributed by atoms with E-state index >= 15 is 0 Å². The molecular weight excluding hydrogens is 268 g/mol. The first-order valence-corrected chi connectivity index (χ1v) is 6.92. The maximum atomic E-state index is 12.3. The number of likely N-dealkylation sites (N-methyl/N-ethyl adjacent to an activating group) is 1. The molecule has 1 aliphatic rings. The van der Waals surface area contributed by atoms with Gasteiger partial charge in [0.25, 0.3) is 0 Å². The molecular formula is C16H22N2O3. The van der Waals surface area contributed by atoms with Crippen LogP contribution in [0.2, 0.25) is 0 Å². The van der Waals surface area contributed by atoms with Gasteiger partial charge in [-0.3, -0.25) is 4.79 Å². The third-order valence-electron chi connectivity index (χ3n) is 3.74. The van der Waals surface area contributed by atoms with Gasteiger partial charge in [-0.1, -0.05) is 6.07 Å². The number of amides is 1. The van der Waals surface area contributed by atoms with Gasteiger partial charge < -0.3 is 19.7 Å². The topological polar surface area (TPSA) is 50.8 Å². The monoisotopic (exact) mass is 290 g/mol. The van der Waals surface area contributed by atoms with Crippen molar-refractivity contribution in [3.8, 4) is 11.5 Å². The molecule has 0 radical (unpaired) electrons. The highest BCUT2D eigenvalue weighted by Gasteiger charge is 2.19. The lowest BCUT2D eigenvalue weighted by atomic mass is 10.0. The third kappa shape index (κ3) is 3.36. The van der Waals surface area contributed by atoms with Crippen molar-refractivity contribution in [2.75, 3.05) is 34.4 Å². The first-order chi connectivity index (χ1) is 10.1. The molecule has 1 heterocycles. The van der Waals surface area contributed by atoms with Gasteiger partial charge in [0, 0.05) is 32.3 Å². The maximum absolute atomic E-state index is 12.3. The molecule has 0 unspecified atom stereocenters. The molecule has 0 aliphatic carbocycles. The lowest BCUT2D eigenvalue weighted by molar-refractivity contribution is -0.126. The number of nitrogens with zero attached hydrogens (tertiary/aromatic N) is 1. The van der Waals surface area contributed by atoms with Crippen molar-refractivity contribution in [2.45, 2.75) is 13.5 Å². The van der Waals surface area contributed by atoms with E-state index in [1.807, 2.05) is 32.2 Å². The molecule has 0 aromatic heterocycles. The molecule has 2 rings (SSSR count). The average Bonchev–Trinajstić information content (AvgIpc) is 2.44. The van der Waals surface area contributed by atoms with E-state index in [2.05, 4.69) is 5.32 Å². The van der Waals surface area contributed by atoms with Gasteiger partial charge in [-0.2, -0.15) is 0 Å². The van der Waals surface area contributed by atoms with Crippen LogP contribution >= 0.6 is 0 Å². The highest BCUT2D eigenvalue weighted by atomic mass is 16.5. The van der Waals surface area contributed by atoms with Crippen molar-refractivity contribution < 1.29 is 14.3 Å². The van der Waals surface area contributed by atoms with Gasteiger partial charge in [0.2, 0.25) is 5.91 Å². The zero-order chi connectivity index (χ0) is 15.4. The number of hydrogen-bond acceptors (Lipinski definition) is 4. The summed E-state index contributed by atoms with van der Waals surface area (Å²) in [6, 6.07) is 5.70. The highest BCUT2D eigenvalue weighted by molar-refractivity contribution is 5.93. The Hall–Kier alpha value is -2.01. The molecule has 0 spiro atoms. The minimum atomic E-state index is 0.0706. The van der Waals surface area contributed by atoms with Crippen LogP contribution in [-0.4, -0.2) is 45.2 Å². The van der Waals surface area contributed by atoms with Crippen molar-refractivity contribution >= 4 is 5.91 Å². The van der Waals surface area contributed by atoms with E-state index in [1.165, 1.54) is 5.57 Å². The number of rotatable bonds is 5. The Balaban J connectivity index is 2.08. The predicted octanol–water partition coefficient (Wildman–Crippen LogP) is 1.58. The van der Waals surface area contributed by atoms with Crippen molar-refractivity contribution in [1.29, 1.82) is 0 Å². The summed E-state index contributed by atoms with van der Waals surface area (Å²) in [7, 11) is 5.03. The van der Waals surface area contributed by atoms with Crippen molar-refractivity contribution in [3.05, 3.63) is 34.9 Å². The molecule has 1 fully saturated rings. The molecule has 1 aromatic carbocycles. The number of carbonyl (C=O) groups is 1.